The molecular weight excluding hydrogens is 424 g/mol. The van der Waals surface area contributed by atoms with Crippen molar-refractivity contribution >= 4 is 34.9 Å². The molecule has 1 aromatic heterocycles. The van der Waals surface area contributed by atoms with E-state index in [0.717, 1.165) is 23.7 Å². The van der Waals surface area contributed by atoms with Crippen LogP contribution in [-0.2, 0) is 14.4 Å². The molecule has 3 aliphatic rings. The summed E-state index contributed by atoms with van der Waals surface area (Å²) >= 11 is 0. The van der Waals surface area contributed by atoms with Crippen LogP contribution in [0.3, 0.4) is 0 Å². The van der Waals surface area contributed by atoms with E-state index in [1.54, 1.807) is 18.1 Å². The van der Waals surface area contributed by atoms with Crippen molar-refractivity contribution in [3.8, 4) is 5.75 Å². The second-order valence-corrected chi connectivity index (χ2v) is 9.52. The number of benzene rings is 1. The zero-order valence-electron chi connectivity index (χ0n) is 18.6. The Morgan fingerprint density at radius 2 is 2.18 bits per heavy atom. The molecule has 3 atom stereocenters. The smallest absolute Gasteiger partial charge is 0.271 e. The maximum absolute atomic E-state index is 13.5. The molecule has 1 saturated carbocycles. The van der Waals surface area contributed by atoms with Gasteiger partial charge in [-0.25, -0.2) is 0 Å². The molecule has 0 radical (unpaired) electrons. The first kappa shape index (κ1) is 21.5. The van der Waals surface area contributed by atoms with E-state index >= 15 is 0 Å². The van der Waals surface area contributed by atoms with Crippen LogP contribution in [0.5, 0.6) is 5.75 Å². The topological polar surface area (TPSA) is 121 Å². The van der Waals surface area contributed by atoms with Crippen LogP contribution in [0.2, 0.25) is 0 Å². The van der Waals surface area contributed by atoms with Gasteiger partial charge in [0, 0.05) is 29.9 Å². The largest absolute Gasteiger partial charge is 0.496 e. The third-order valence-corrected chi connectivity index (χ3v) is 7.30. The van der Waals surface area contributed by atoms with Gasteiger partial charge in [0.2, 0.25) is 11.8 Å². The fraction of sp³-hybridized carbons (Fsp3) is 0.500. The van der Waals surface area contributed by atoms with Crippen molar-refractivity contribution in [3.63, 3.8) is 0 Å². The van der Waals surface area contributed by atoms with Gasteiger partial charge in [0.15, 0.2) is 0 Å². The van der Waals surface area contributed by atoms with Gasteiger partial charge in [0.25, 0.3) is 5.91 Å². The lowest BCUT2D eigenvalue weighted by Gasteiger charge is -2.25. The molecular formula is C24H28N4O5. The number of aromatic nitrogens is 1. The summed E-state index contributed by atoms with van der Waals surface area (Å²) < 4.78 is 5.40. The third kappa shape index (κ3) is 3.96. The van der Waals surface area contributed by atoms with E-state index in [-0.39, 0.29) is 35.5 Å². The van der Waals surface area contributed by atoms with Gasteiger partial charge in [-0.1, -0.05) is 6.07 Å². The van der Waals surface area contributed by atoms with E-state index in [0.29, 0.717) is 43.7 Å². The van der Waals surface area contributed by atoms with Crippen molar-refractivity contribution in [2.45, 2.75) is 44.2 Å². The molecule has 3 heterocycles. The van der Waals surface area contributed by atoms with E-state index in [4.69, 9.17) is 4.74 Å². The Labute approximate surface area is 191 Å². The van der Waals surface area contributed by atoms with Gasteiger partial charge in [-0.15, -0.1) is 0 Å². The maximum atomic E-state index is 13.5. The number of rotatable bonds is 7. The first-order chi connectivity index (χ1) is 15.9. The minimum atomic E-state index is -0.753. The van der Waals surface area contributed by atoms with Crippen molar-refractivity contribution < 1.29 is 23.9 Å². The van der Waals surface area contributed by atoms with Crippen LogP contribution in [0, 0.1) is 11.3 Å². The fourth-order valence-corrected chi connectivity index (χ4v) is 5.22. The zero-order chi connectivity index (χ0) is 23.2. The average molecular weight is 453 g/mol. The fourth-order valence-electron chi connectivity index (χ4n) is 5.22. The Morgan fingerprint density at radius 1 is 1.36 bits per heavy atom. The molecule has 9 heteroatoms. The number of hydrogen-bond acceptors (Lipinski definition) is 5. The molecule has 5 rings (SSSR count). The molecule has 2 aromatic rings. The van der Waals surface area contributed by atoms with Crippen LogP contribution in [0.15, 0.2) is 24.3 Å². The normalized spacial score (nSPS) is 24.0. The maximum Gasteiger partial charge on any atom is 0.271 e. The van der Waals surface area contributed by atoms with E-state index in [2.05, 4.69) is 15.6 Å². The van der Waals surface area contributed by atoms with E-state index in [1.165, 1.54) is 0 Å². The Hall–Kier alpha value is -3.36. The summed E-state index contributed by atoms with van der Waals surface area (Å²) in [5.74, 6) is -0.272. The Bertz CT molecular complexity index is 1120. The number of carbonyl (C=O) groups is 4. The number of H-pyrrole nitrogens is 1. The van der Waals surface area contributed by atoms with Crippen LogP contribution < -0.4 is 15.4 Å². The number of aromatic amines is 1. The molecule has 3 N–H and O–H groups in total. The van der Waals surface area contributed by atoms with E-state index in [9.17, 15) is 19.2 Å². The van der Waals surface area contributed by atoms with Gasteiger partial charge in [0.05, 0.1) is 13.2 Å². The monoisotopic (exact) mass is 452 g/mol. The molecule has 1 aromatic carbocycles. The van der Waals surface area contributed by atoms with Crippen molar-refractivity contribution in [1.82, 2.24) is 20.5 Å². The summed E-state index contributed by atoms with van der Waals surface area (Å²) in [5.41, 5.74) is 1.18. The summed E-state index contributed by atoms with van der Waals surface area (Å²) in [4.78, 5) is 55.0. The number of nitrogens with zero attached hydrogens (tertiary/aromatic N) is 1. The van der Waals surface area contributed by atoms with E-state index < -0.39 is 12.1 Å². The van der Waals surface area contributed by atoms with Gasteiger partial charge in [-0.2, -0.15) is 0 Å². The van der Waals surface area contributed by atoms with Crippen LogP contribution >= 0.6 is 0 Å². The Kier molecular flexibility index (Phi) is 5.34. The average Bonchev–Trinajstić information content (AvgIpc) is 3.13. The SMILES string of the molecule is COc1cccc2[nH]c(C(=O)N3CC4(CC4)C[C@H]3C(=O)N[C@H](C=O)C[C@@H]3CCNC3=O)cc12. The standard InChI is InChI=1S/C24H28N4O5/c1-33-20-4-2-3-17-16(20)10-18(27-17)23(32)28-13-24(6-7-24)11-19(28)22(31)26-15(12-29)9-14-5-8-25-21(14)30/h2-4,10,12,14-15,19,27H,5-9,11,13H2,1H3,(H,25,30)(H,26,31)/t14-,15-,19-/m0/s1. The molecule has 3 amide bonds. The summed E-state index contributed by atoms with van der Waals surface area (Å²) in [6.07, 6.45) is 4.17. The summed E-state index contributed by atoms with van der Waals surface area (Å²) in [5, 5.41) is 6.35. The zero-order valence-corrected chi connectivity index (χ0v) is 18.6. The quantitative estimate of drug-likeness (QED) is 0.548. The molecule has 9 nitrogen and oxygen atoms in total. The predicted octanol–water partition coefficient (Wildman–Crippen LogP) is 1.38. The van der Waals surface area contributed by atoms with Gasteiger partial charge >= 0.3 is 0 Å². The second-order valence-electron chi connectivity index (χ2n) is 9.52. The second kappa shape index (κ2) is 8.20. The van der Waals surface area contributed by atoms with Gasteiger partial charge < -0.3 is 30.0 Å². The number of likely N-dealkylation sites (tertiary alicyclic amines) is 1. The minimum Gasteiger partial charge on any atom is -0.496 e. The van der Waals surface area contributed by atoms with Crippen molar-refractivity contribution in [1.29, 1.82) is 0 Å². The minimum absolute atomic E-state index is 0.0105. The Morgan fingerprint density at radius 3 is 2.85 bits per heavy atom. The number of fused-ring (bicyclic) bond motifs is 1. The molecule has 1 aliphatic carbocycles. The summed E-state index contributed by atoms with van der Waals surface area (Å²) in [7, 11) is 1.58. The van der Waals surface area contributed by atoms with Crippen LogP contribution in [-0.4, -0.2) is 66.2 Å². The van der Waals surface area contributed by atoms with Crippen molar-refractivity contribution in [2.24, 2.45) is 11.3 Å². The summed E-state index contributed by atoms with van der Waals surface area (Å²) in [6, 6.07) is 5.92. The van der Waals surface area contributed by atoms with Crippen LogP contribution in [0.1, 0.15) is 42.6 Å². The highest BCUT2D eigenvalue weighted by Gasteiger charge is 2.55. The van der Waals surface area contributed by atoms with Gasteiger partial charge in [0.1, 0.15) is 23.8 Å². The first-order valence-corrected chi connectivity index (χ1v) is 11.4. The first-order valence-electron chi connectivity index (χ1n) is 11.4. The highest BCUT2D eigenvalue weighted by Crippen LogP contribution is 2.55. The summed E-state index contributed by atoms with van der Waals surface area (Å²) in [6.45, 7) is 1.11. The molecule has 1 spiro atoms. The molecule has 0 bridgehead atoms. The number of hydrogen-bond donors (Lipinski definition) is 3. The number of methoxy groups -OCH3 is 1. The number of amides is 3. The Balaban J connectivity index is 1.34. The van der Waals surface area contributed by atoms with Gasteiger partial charge in [-0.05, 0) is 55.7 Å². The van der Waals surface area contributed by atoms with Crippen molar-refractivity contribution in [3.05, 3.63) is 30.0 Å². The van der Waals surface area contributed by atoms with Gasteiger partial charge in [-0.3, -0.25) is 14.4 Å². The number of aldehydes is 1. The molecule has 33 heavy (non-hydrogen) atoms. The number of carbonyl (C=O) groups excluding carboxylic acids is 4. The lowest BCUT2D eigenvalue weighted by Crippen LogP contribution is -2.49. The van der Waals surface area contributed by atoms with E-state index in [1.807, 2.05) is 18.2 Å². The molecule has 2 saturated heterocycles. The van der Waals surface area contributed by atoms with Crippen molar-refractivity contribution in [2.75, 3.05) is 20.2 Å². The number of ether oxygens (including phenoxy) is 1. The molecule has 2 aliphatic heterocycles. The highest BCUT2D eigenvalue weighted by molar-refractivity contribution is 6.02. The van der Waals surface area contributed by atoms with Crippen LogP contribution in [0.25, 0.3) is 10.9 Å². The molecule has 0 unspecified atom stereocenters. The lowest BCUT2D eigenvalue weighted by molar-refractivity contribution is -0.128. The number of nitrogens with one attached hydrogen (secondary N) is 3. The lowest BCUT2D eigenvalue weighted by atomic mass is 9.98. The third-order valence-electron chi connectivity index (χ3n) is 7.30. The highest BCUT2D eigenvalue weighted by atomic mass is 16.5. The molecule has 3 fully saturated rings. The molecule has 174 valence electrons. The van der Waals surface area contributed by atoms with Crippen LogP contribution in [0.4, 0.5) is 0 Å². The predicted molar refractivity (Wildman–Crippen MR) is 120 cm³/mol.